The summed E-state index contributed by atoms with van der Waals surface area (Å²) in [5.74, 6) is 0.985. The van der Waals surface area contributed by atoms with E-state index in [0.717, 1.165) is 48.5 Å². The van der Waals surface area contributed by atoms with Crippen LogP contribution in [-0.4, -0.2) is 32.8 Å². The average molecular weight is 323 g/mol. The molecule has 2 heterocycles. The summed E-state index contributed by atoms with van der Waals surface area (Å²) in [6, 6.07) is 6.37. The maximum atomic E-state index is 4.59. The lowest BCUT2D eigenvalue weighted by Gasteiger charge is -2.22. The van der Waals surface area contributed by atoms with Crippen molar-refractivity contribution < 1.29 is 0 Å². The van der Waals surface area contributed by atoms with Gasteiger partial charge in [0.05, 0.1) is 17.3 Å². The molecule has 0 unspecified atom stereocenters. The fourth-order valence-electron chi connectivity index (χ4n) is 2.99. The number of aryl methyl sites for hydroxylation is 2. The van der Waals surface area contributed by atoms with Crippen molar-refractivity contribution in [1.82, 2.24) is 19.7 Å². The highest BCUT2D eigenvalue weighted by Crippen LogP contribution is 2.25. The van der Waals surface area contributed by atoms with E-state index in [4.69, 9.17) is 0 Å². The molecule has 1 aromatic carbocycles. The van der Waals surface area contributed by atoms with Gasteiger partial charge >= 0.3 is 0 Å². The molecule has 5 heteroatoms. The zero-order valence-electron chi connectivity index (χ0n) is 15.0. The Morgan fingerprint density at radius 3 is 2.42 bits per heavy atom. The van der Waals surface area contributed by atoms with Crippen LogP contribution in [0.2, 0.25) is 0 Å². The van der Waals surface area contributed by atoms with E-state index in [1.165, 1.54) is 11.1 Å². The second-order valence-corrected chi connectivity index (χ2v) is 6.25. The van der Waals surface area contributed by atoms with Crippen molar-refractivity contribution in [2.75, 3.05) is 18.0 Å². The van der Waals surface area contributed by atoms with Gasteiger partial charge in [-0.15, -0.1) is 0 Å². The van der Waals surface area contributed by atoms with Crippen LogP contribution >= 0.6 is 0 Å². The molecule has 0 aliphatic rings. The van der Waals surface area contributed by atoms with Crippen LogP contribution in [-0.2, 0) is 0 Å². The largest absolute Gasteiger partial charge is 0.356 e. The third kappa shape index (κ3) is 2.98. The van der Waals surface area contributed by atoms with Crippen molar-refractivity contribution in [3.8, 4) is 5.69 Å². The van der Waals surface area contributed by atoms with Crippen molar-refractivity contribution in [2.24, 2.45) is 0 Å². The Bertz CT molecular complexity index is 831. The molecular weight excluding hydrogens is 298 g/mol. The van der Waals surface area contributed by atoms with Gasteiger partial charge in [0, 0.05) is 13.1 Å². The third-order valence-corrected chi connectivity index (χ3v) is 4.37. The number of rotatable bonds is 6. The van der Waals surface area contributed by atoms with Crippen molar-refractivity contribution in [3.05, 3.63) is 41.9 Å². The molecule has 0 aliphatic heterocycles. The van der Waals surface area contributed by atoms with Gasteiger partial charge in [0.1, 0.15) is 12.1 Å². The maximum Gasteiger partial charge on any atom is 0.168 e. The van der Waals surface area contributed by atoms with Crippen LogP contribution in [0, 0.1) is 13.8 Å². The van der Waals surface area contributed by atoms with Gasteiger partial charge < -0.3 is 4.90 Å². The zero-order valence-corrected chi connectivity index (χ0v) is 15.0. The lowest BCUT2D eigenvalue weighted by atomic mass is 10.1. The summed E-state index contributed by atoms with van der Waals surface area (Å²) in [7, 11) is 0. The first-order valence-electron chi connectivity index (χ1n) is 8.67. The van der Waals surface area contributed by atoms with E-state index in [1.807, 2.05) is 10.9 Å². The molecule has 3 aromatic rings. The molecule has 2 aromatic heterocycles. The van der Waals surface area contributed by atoms with Gasteiger partial charge in [0.25, 0.3) is 0 Å². The van der Waals surface area contributed by atoms with E-state index in [0.29, 0.717) is 0 Å². The summed E-state index contributed by atoms with van der Waals surface area (Å²) in [6.07, 6.45) is 5.72. The lowest BCUT2D eigenvalue weighted by molar-refractivity contribution is 0.736. The number of fused-ring (bicyclic) bond motifs is 1. The van der Waals surface area contributed by atoms with E-state index >= 15 is 0 Å². The standard InChI is InChI=1S/C19H25N5/c1-5-9-23(10-6-2)18-17-12-22-24(19(17)21-13-20-18)16-8-7-14(3)15(4)11-16/h7-8,11-13H,5-6,9-10H2,1-4H3. The first kappa shape index (κ1) is 16.4. The molecule has 24 heavy (non-hydrogen) atoms. The summed E-state index contributed by atoms with van der Waals surface area (Å²) in [5.41, 5.74) is 4.43. The van der Waals surface area contributed by atoms with Crippen molar-refractivity contribution in [3.63, 3.8) is 0 Å². The first-order chi connectivity index (χ1) is 11.7. The lowest BCUT2D eigenvalue weighted by Crippen LogP contribution is -2.26. The van der Waals surface area contributed by atoms with E-state index in [2.05, 4.69) is 65.9 Å². The minimum Gasteiger partial charge on any atom is -0.356 e. The number of hydrogen-bond acceptors (Lipinski definition) is 4. The molecule has 0 spiro atoms. The Balaban J connectivity index is 2.10. The predicted octanol–water partition coefficient (Wildman–Crippen LogP) is 4.06. The Labute approximate surface area is 143 Å². The molecule has 5 nitrogen and oxygen atoms in total. The number of aromatic nitrogens is 4. The molecule has 0 radical (unpaired) electrons. The Morgan fingerprint density at radius 1 is 1.00 bits per heavy atom. The molecule has 0 amide bonds. The van der Waals surface area contributed by atoms with E-state index in [-0.39, 0.29) is 0 Å². The monoisotopic (exact) mass is 323 g/mol. The molecule has 0 N–H and O–H groups in total. The minimum absolute atomic E-state index is 0.862. The summed E-state index contributed by atoms with van der Waals surface area (Å²) >= 11 is 0. The third-order valence-electron chi connectivity index (χ3n) is 4.37. The minimum atomic E-state index is 0.862. The van der Waals surface area contributed by atoms with Crippen LogP contribution in [0.1, 0.15) is 37.8 Å². The molecule has 0 aliphatic carbocycles. The van der Waals surface area contributed by atoms with Crippen LogP contribution in [0.25, 0.3) is 16.7 Å². The Hall–Kier alpha value is -2.43. The number of hydrogen-bond donors (Lipinski definition) is 0. The van der Waals surface area contributed by atoms with Crippen LogP contribution in [0.3, 0.4) is 0 Å². The molecule has 126 valence electrons. The number of nitrogens with zero attached hydrogens (tertiary/aromatic N) is 5. The quantitative estimate of drug-likeness (QED) is 0.686. The van der Waals surface area contributed by atoms with Crippen molar-refractivity contribution in [2.45, 2.75) is 40.5 Å². The van der Waals surface area contributed by atoms with E-state index < -0.39 is 0 Å². The number of anilines is 1. The highest BCUT2D eigenvalue weighted by atomic mass is 15.3. The molecule has 0 saturated heterocycles. The predicted molar refractivity (Wildman–Crippen MR) is 98.9 cm³/mol. The second-order valence-electron chi connectivity index (χ2n) is 6.25. The van der Waals surface area contributed by atoms with Gasteiger partial charge in [-0.2, -0.15) is 5.10 Å². The van der Waals surface area contributed by atoms with Gasteiger partial charge in [-0.25, -0.2) is 14.6 Å². The molecule has 0 saturated carbocycles. The molecule has 0 bridgehead atoms. The highest BCUT2D eigenvalue weighted by molar-refractivity contribution is 5.87. The Morgan fingerprint density at radius 2 is 1.75 bits per heavy atom. The highest BCUT2D eigenvalue weighted by Gasteiger charge is 2.15. The van der Waals surface area contributed by atoms with Crippen LogP contribution in [0.5, 0.6) is 0 Å². The topological polar surface area (TPSA) is 46.8 Å². The zero-order chi connectivity index (χ0) is 17.1. The fourth-order valence-corrected chi connectivity index (χ4v) is 2.99. The maximum absolute atomic E-state index is 4.59. The molecular formula is C19H25N5. The SMILES string of the molecule is CCCN(CCC)c1ncnc2c1cnn2-c1ccc(C)c(C)c1. The number of benzene rings is 1. The summed E-state index contributed by atoms with van der Waals surface area (Å²) < 4.78 is 1.91. The van der Waals surface area contributed by atoms with Gasteiger partial charge in [-0.3, -0.25) is 0 Å². The molecule has 0 atom stereocenters. The van der Waals surface area contributed by atoms with E-state index in [1.54, 1.807) is 6.33 Å². The molecule has 0 fully saturated rings. The average Bonchev–Trinajstić information content (AvgIpc) is 3.01. The fraction of sp³-hybridized carbons (Fsp3) is 0.421. The van der Waals surface area contributed by atoms with Gasteiger partial charge in [-0.05, 0) is 49.9 Å². The summed E-state index contributed by atoms with van der Waals surface area (Å²) in [4.78, 5) is 11.4. The first-order valence-corrected chi connectivity index (χ1v) is 8.67. The Kier molecular flexibility index (Phi) is 4.79. The van der Waals surface area contributed by atoms with Gasteiger partial charge in [0.15, 0.2) is 5.65 Å². The second kappa shape index (κ2) is 6.99. The normalized spacial score (nSPS) is 11.2. The van der Waals surface area contributed by atoms with Gasteiger partial charge in [-0.1, -0.05) is 19.9 Å². The van der Waals surface area contributed by atoms with Crippen LogP contribution in [0.15, 0.2) is 30.7 Å². The smallest absolute Gasteiger partial charge is 0.168 e. The summed E-state index contributed by atoms with van der Waals surface area (Å²) in [5, 5.41) is 5.60. The van der Waals surface area contributed by atoms with Crippen LogP contribution < -0.4 is 4.90 Å². The van der Waals surface area contributed by atoms with Gasteiger partial charge in [0.2, 0.25) is 0 Å². The van der Waals surface area contributed by atoms with Crippen molar-refractivity contribution >= 4 is 16.9 Å². The van der Waals surface area contributed by atoms with E-state index in [9.17, 15) is 0 Å². The molecule has 3 rings (SSSR count). The summed E-state index contributed by atoms with van der Waals surface area (Å²) in [6.45, 7) is 10.6. The van der Waals surface area contributed by atoms with Crippen molar-refractivity contribution in [1.29, 1.82) is 0 Å². The van der Waals surface area contributed by atoms with Crippen LogP contribution in [0.4, 0.5) is 5.82 Å².